The second-order valence-corrected chi connectivity index (χ2v) is 4.96. The van der Waals surface area contributed by atoms with Crippen LogP contribution in [0.1, 0.15) is 17.3 Å². The summed E-state index contributed by atoms with van der Waals surface area (Å²) in [5.41, 5.74) is 0.0452. The average Bonchev–Trinajstić information content (AvgIpc) is 2.44. The highest BCUT2D eigenvalue weighted by molar-refractivity contribution is 9.10. The maximum absolute atomic E-state index is 14.0. The molecule has 0 atom stereocenters. The van der Waals surface area contributed by atoms with Crippen molar-refractivity contribution in [2.45, 2.75) is 6.92 Å². The number of rotatable bonds is 3. The zero-order valence-corrected chi connectivity index (χ0v) is 12.3. The molecule has 104 valence electrons. The van der Waals surface area contributed by atoms with E-state index in [9.17, 15) is 13.6 Å². The largest absolute Gasteiger partial charge is 0.306 e. The van der Waals surface area contributed by atoms with Crippen molar-refractivity contribution in [1.29, 1.82) is 0 Å². The summed E-state index contributed by atoms with van der Waals surface area (Å²) >= 11 is 3.04. The maximum atomic E-state index is 14.0. The highest BCUT2D eigenvalue weighted by Crippen LogP contribution is 2.24. The van der Waals surface area contributed by atoms with Gasteiger partial charge in [-0.3, -0.25) is 4.79 Å². The van der Waals surface area contributed by atoms with Gasteiger partial charge in [0.1, 0.15) is 11.6 Å². The molecule has 0 heterocycles. The first-order valence-electron chi connectivity index (χ1n) is 6.06. The first kappa shape index (κ1) is 14.7. The Morgan fingerprint density at radius 2 is 1.85 bits per heavy atom. The Bertz CT molecular complexity index is 646. The van der Waals surface area contributed by atoms with E-state index in [1.54, 1.807) is 19.1 Å². The van der Waals surface area contributed by atoms with E-state index in [1.807, 2.05) is 0 Å². The minimum Gasteiger partial charge on any atom is -0.306 e. The molecule has 2 aromatic rings. The summed E-state index contributed by atoms with van der Waals surface area (Å²) in [7, 11) is 0. The first-order chi connectivity index (χ1) is 9.56. The molecule has 1 amide bonds. The molecule has 2 rings (SSSR count). The van der Waals surface area contributed by atoms with E-state index in [4.69, 9.17) is 0 Å². The summed E-state index contributed by atoms with van der Waals surface area (Å²) in [5.74, 6) is -1.73. The number of para-hydroxylation sites is 1. The van der Waals surface area contributed by atoms with Crippen molar-refractivity contribution in [3.8, 4) is 0 Å². The van der Waals surface area contributed by atoms with Crippen LogP contribution < -0.4 is 4.90 Å². The van der Waals surface area contributed by atoms with Crippen LogP contribution in [-0.4, -0.2) is 12.5 Å². The molecule has 0 aliphatic heterocycles. The van der Waals surface area contributed by atoms with E-state index >= 15 is 0 Å². The normalized spacial score (nSPS) is 10.4. The smallest absolute Gasteiger partial charge is 0.261 e. The van der Waals surface area contributed by atoms with Crippen molar-refractivity contribution >= 4 is 27.5 Å². The van der Waals surface area contributed by atoms with Crippen molar-refractivity contribution in [3.63, 3.8) is 0 Å². The average molecular weight is 340 g/mol. The Morgan fingerprint density at radius 3 is 2.50 bits per heavy atom. The van der Waals surface area contributed by atoms with Gasteiger partial charge in [-0.1, -0.05) is 18.2 Å². The lowest BCUT2D eigenvalue weighted by Gasteiger charge is -2.22. The van der Waals surface area contributed by atoms with Gasteiger partial charge in [0.2, 0.25) is 0 Å². The van der Waals surface area contributed by atoms with Crippen molar-refractivity contribution in [2.75, 3.05) is 11.4 Å². The van der Waals surface area contributed by atoms with E-state index < -0.39 is 17.5 Å². The van der Waals surface area contributed by atoms with Gasteiger partial charge in [-0.05, 0) is 47.1 Å². The third-order valence-corrected chi connectivity index (χ3v) is 3.50. The highest BCUT2D eigenvalue weighted by Gasteiger charge is 2.22. The summed E-state index contributed by atoms with van der Waals surface area (Å²) in [6.07, 6.45) is 0. The number of hydrogen-bond donors (Lipinski definition) is 0. The zero-order chi connectivity index (χ0) is 14.7. The van der Waals surface area contributed by atoms with E-state index in [1.165, 1.54) is 35.2 Å². The van der Waals surface area contributed by atoms with E-state index in [0.29, 0.717) is 0 Å². The molecular weight excluding hydrogens is 328 g/mol. The second kappa shape index (κ2) is 6.13. The summed E-state index contributed by atoms with van der Waals surface area (Å²) in [6.45, 7) is 1.95. The number of anilines is 1. The quantitative estimate of drug-likeness (QED) is 0.811. The van der Waals surface area contributed by atoms with E-state index in [0.717, 1.165) is 0 Å². The lowest BCUT2D eigenvalue weighted by molar-refractivity contribution is 0.0983. The van der Waals surface area contributed by atoms with Gasteiger partial charge >= 0.3 is 0 Å². The molecule has 0 spiro atoms. The number of halogens is 3. The predicted molar refractivity (Wildman–Crippen MR) is 77.9 cm³/mol. The summed E-state index contributed by atoms with van der Waals surface area (Å²) in [4.78, 5) is 13.6. The Balaban J connectivity index is 2.45. The Morgan fingerprint density at radius 1 is 1.15 bits per heavy atom. The topological polar surface area (TPSA) is 20.3 Å². The van der Waals surface area contributed by atoms with Crippen LogP contribution in [0.15, 0.2) is 46.9 Å². The van der Waals surface area contributed by atoms with Gasteiger partial charge in [-0.2, -0.15) is 0 Å². The lowest BCUT2D eigenvalue weighted by atomic mass is 10.1. The van der Waals surface area contributed by atoms with Crippen molar-refractivity contribution < 1.29 is 13.6 Å². The van der Waals surface area contributed by atoms with E-state index in [2.05, 4.69) is 15.9 Å². The van der Waals surface area contributed by atoms with Crippen LogP contribution in [0.5, 0.6) is 0 Å². The second-order valence-electron chi connectivity index (χ2n) is 4.10. The Hall–Kier alpha value is -1.75. The standard InChI is InChI=1S/C15H12BrF2NO/c1-2-19(13-9-4-3-8-12(13)17)15(20)10-6-5-7-11(16)14(10)18/h3-9H,2H2,1H3. The Kier molecular flexibility index (Phi) is 4.49. The van der Waals surface area contributed by atoms with Crippen LogP contribution in [0.3, 0.4) is 0 Å². The molecule has 0 saturated heterocycles. The molecule has 0 N–H and O–H groups in total. The molecule has 0 aliphatic carbocycles. The van der Waals surface area contributed by atoms with Crippen LogP contribution in [-0.2, 0) is 0 Å². The molecule has 0 aliphatic rings. The number of benzene rings is 2. The molecule has 20 heavy (non-hydrogen) atoms. The molecular formula is C15H12BrF2NO. The van der Waals surface area contributed by atoms with Gasteiger partial charge in [-0.25, -0.2) is 8.78 Å². The third-order valence-electron chi connectivity index (χ3n) is 2.89. The summed E-state index contributed by atoms with van der Waals surface area (Å²) in [5, 5.41) is 0. The van der Waals surface area contributed by atoms with Crippen LogP contribution in [0.2, 0.25) is 0 Å². The van der Waals surface area contributed by atoms with Crippen molar-refractivity contribution in [1.82, 2.24) is 0 Å². The third kappa shape index (κ3) is 2.72. The van der Waals surface area contributed by atoms with Gasteiger partial charge in [0.05, 0.1) is 15.7 Å². The summed E-state index contributed by atoms with van der Waals surface area (Å²) in [6, 6.07) is 10.4. The van der Waals surface area contributed by atoms with Crippen LogP contribution >= 0.6 is 15.9 Å². The molecule has 0 fully saturated rings. The lowest BCUT2D eigenvalue weighted by Crippen LogP contribution is -2.32. The van der Waals surface area contributed by atoms with Crippen molar-refractivity contribution in [2.24, 2.45) is 0 Å². The fourth-order valence-corrected chi connectivity index (χ4v) is 2.27. The molecule has 5 heteroatoms. The summed E-state index contributed by atoms with van der Waals surface area (Å²) < 4.78 is 28.0. The van der Waals surface area contributed by atoms with Gasteiger partial charge in [0.15, 0.2) is 0 Å². The minimum atomic E-state index is -0.646. The number of hydrogen-bond acceptors (Lipinski definition) is 1. The predicted octanol–water partition coefficient (Wildman–Crippen LogP) is 4.39. The van der Waals surface area contributed by atoms with Gasteiger partial charge in [-0.15, -0.1) is 0 Å². The molecule has 0 unspecified atom stereocenters. The SMILES string of the molecule is CCN(C(=O)c1cccc(Br)c1F)c1ccccc1F. The molecule has 0 radical (unpaired) electrons. The van der Waals surface area contributed by atoms with Gasteiger partial charge in [0.25, 0.3) is 5.91 Å². The zero-order valence-electron chi connectivity index (χ0n) is 10.7. The van der Waals surface area contributed by atoms with Gasteiger partial charge < -0.3 is 4.90 Å². The molecule has 0 saturated carbocycles. The maximum Gasteiger partial charge on any atom is 0.261 e. The van der Waals surface area contributed by atoms with Gasteiger partial charge in [0, 0.05) is 6.54 Å². The first-order valence-corrected chi connectivity index (χ1v) is 6.86. The number of carbonyl (C=O) groups is 1. The highest BCUT2D eigenvalue weighted by atomic mass is 79.9. The monoisotopic (exact) mass is 339 g/mol. The number of carbonyl (C=O) groups excluding carboxylic acids is 1. The fraction of sp³-hybridized carbons (Fsp3) is 0.133. The number of amides is 1. The van der Waals surface area contributed by atoms with E-state index in [-0.39, 0.29) is 22.3 Å². The van der Waals surface area contributed by atoms with Crippen LogP contribution in [0.25, 0.3) is 0 Å². The van der Waals surface area contributed by atoms with Crippen molar-refractivity contribution in [3.05, 3.63) is 64.1 Å². The van der Waals surface area contributed by atoms with Crippen LogP contribution in [0.4, 0.5) is 14.5 Å². The molecule has 0 aromatic heterocycles. The fourth-order valence-electron chi connectivity index (χ4n) is 1.91. The number of nitrogens with zero attached hydrogens (tertiary/aromatic N) is 1. The minimum absolute atomic E-state index is 0.0931. The Labute approximate surface area is 124 Å². The molecule has 2 nitrogen and oxygen atoms in total. The molecule has 0 bridgehead atoms. The van der Waals surface area contributed by atoms with Crippen LogP contribution in [0, 0.1) is 11.6 Å². The molecule has 2 aromatic carbocycles.